The van der Waals surface area contributed by atoms with Gasteiger partial charge in [-0.25, -0.2) is 0 Å². The van der Waals surface area contributed by atoms with Crippen molar-refractivity contribution in [3.8, 4) is 11.5 Å². The van der Waals surface area contributed by atoms with Crippen molar-refractivity contribution < 1.29 is 14.3 Å². The van der Waals surface area contributed by atoms with Crippen molar-refractivity contribution in [2.24, 2.45) is 0 Å². The van der Waals surface area contributed by atoms with Crippen LogP contribution >= 0.6 is 0 Å². The lowest BCUT2D eigenvalue weighted by Crippen LogP contribution is -2.13. The minimum atomic E-state index is -0.227. The number of nitrogens with two attached hydrogens (primary N) is 1. The number of carbonyl (C=O) groups excluding carboxylic acids is 1. The van der Waals surface area contributed by atoms with Gasteiger partial charge in [0.15, 0.2) is 0 Å². The Morgan fingerprint density at radius 1 is 1.14 bits per heavy atom. The molecule has 5 nitrogen and oxygen atoms in total. The number of methoxy groups -OCH3 is 1. The van der Waals surface area contributed by atoms with Gasteiger partial charge in [-0.05, 0) is 43.3 Å². The zero-order valence-electron chi connectivity index (χ0n) is 12.1. The van der Waals surface area contributed by atoms with Crippen molar-refractivity contribution >= 4 is 17.3 Å². The zero-order valence-corrected chi connectivity index (χ0v) is 12.1. The molecule has 0 spiro atoms. The Balaban J connectivity index is 2.10. The molecular formula is C16H18N2O3. The van der Waals surface area contributed by atoms with Gasteiger partial charge in [0.1, 0.15) is 11.5 Å². The van der Waals surface area contributed by atoms with Crippen LogP contribution in [0.15, 0.2) is 42.5 Å². The lowest BCUT2D eigenvalue weighted by atomic mass is 10.2. The fraction of sp³-hybridized carbons (Fsp3) is 0.188. The maximum absolute atomic E-state index is 12.2. The number of anilines is 2. The summed E-state index contributed by atoms with van der Waals surface area (Å²) in [6, 6.07) is 12.0. The van der Waals surface area contributed by atoms with Gasteiger partial charge in [0.25, 0.3) is 5.91 Å². The van der Waals surface area contributed by atoms with Crippen LogP contribution in [0.5, 0.6) is 11.5 Å². The number of carbonyl (C=O) groups is 1. The molecule has 0 heterocycles. The average molecular weight is 286 g/mol. The van der Waals surface area contributed by atoms with Crippen LogP contribution in [0, 0.1) is 0 Å². The van der Waals surface area contributed by atoms with E-state index >= 15 is 0 Å². The number of ether oxygens (including phenoxy) is 2. The summed E-state index contributed by atoms with van der Waals surface area (Å²) in [5.41, 5.74) is 7.41. The summed E-state index contributed by atoms with van der Waals surface area (Å²) >= 11 is 0. The highest BCUT2D eigenvalue weighted by molar-refractivity contribution is 6.05. The van der Waals surface area contributed by atoms with E-state index in [2.05, 4.69) is 5.32 Å². The van der Waals surface area contributed by atoms with Crippen LogP contribution in [-0.2, 0) is 0 Å². The number of amides is 1. The van der Waals surface area contributed by atoms with Gasteiger partial charge in [0, 0.05) is 11.6 Å². The second-order valence-corrected chi connectivity index (χ2v) is 4.36. The fourth-order valence-electron chi connectivity index (χ4n) is 1.85. The van der Waals surface area contributed by atoms with Crippen molar-refractivity contribution in [1.29, 1.82) is 0 Å². The topological polar surface area (TPSA) is 73.6 Å². The zero-order chi connectivity index (χ0) is 15.2. The Morgan fingerprint density at radius 3 is 2.38 bits per heavy atom. The molecule has 0 aliphatic heterocycles. The molecule has 2 aromatic carbocycles. The highest BCUT2D eigenvalue weighted by atomic mass is 16.5. The Morgan fingerprint density at radius 2 is 1.81 bits per heavy atom. The molecule has 0 fully saturated rings. The molecule has 5 heteroatoms. The summed E-state index contributed by atoms with van der Waals surface area (Å²) in [5, 5.41) is 2.77. The van der Waals surface area contributed by atoms with E-state index in [1.807, 2.05) is 6.92 Å². The van der Waals surface area contributed by atoms with E-state index in [0.29, 0.717) is 29.3 Å². The predicted octanol–water partition coefficient (Wildman–Crippen LogP) is 2.93. The van der Waals surface area contributed by atoms with E-state index in [4.69, 9.17) is 15.2 Å². The molecule has 0 aliphatic carbocycles. The molecule has 2 aromatic rings. The van der Waals surface area contributed by atoms with E-state index in [9.17, 15) is 4.79 Å². The van der Waals surface area contributed by atoms with Crippen LogP contribution in [0.2, 0.25) is 0 Å². The summed E-state index contributed by atoms with van der Waals surface area (Å²) in [6.45, 7) is 2.50. The first kappa shape index (κ1) is 14.7. The standard InChI is InChI=1S/C16H18N2O3/c1-3-21-12-6-4-11(5-7-12)16(19)18-15-9-8-13(20-2)10-14(15)17/h4-10H,3,17H2,1-2H3,(H,18,19). The normalized spacial score (nSPS) is 10.0. The highest BCUT2D eigenvalue weighted by Crippen LogP contribution is 2.24. The molecular weight excluding hydrogens is 268 g/mol. The molecule has 1 amide bonds. The number of hydrogen-bond acceptors (Lipinski definition) is 4. The van der Waals surface area contributed by atoms with Crippen LogP contribution in [-0.4, -0.2) is 19.6 Å². The van der Waals surface area contributed by atoms with Crippen LogP contribution in [0.1, 0.15) is 17.3 Å². The number of benzene rings is 2. The van der Waals surface area contributed by atoms with E-state index in [-0.39, 0.29) is 5.91 Å². The molecule has 0 radical (unpaired) electrons. The molecule has 0 saturated carbocycles. The second kappa shape index (κ2) is 6.65. The minimum absolute atomic E-state index is 0.227. The molecule has 2 rings (SSSR count). The van der Waals surface area contributed by atoms with Gasteiger partial charge in [-0.1, -0.05) is 0 Å². The monoisotopic (exact) mass is 286 g/mol. The van der Waals surface area contributed by atoms with E-state index in [1.165, 1.54) is 0 Å². The van der Waals surface area contributed by atoms with Gasteiger partial charge in [0.2, 0.25) is 0 Å². The molecule has 0 unspecified atom stereocenters. The first-order chi connectivity index (χ1) is 10.1. The predicted molar refractivity (Wildman–Crippen MR) is 83.0 cm³/mol. The highest BCUT2D eigenvalue weighted by Gasteiger charge is 2.09. The minimum Gasteiger partial charge on any atom is -0.497 e. The van der Waals surface area contributed by atoms with Gasteiger partial charge in [-0.15, -0.1) is 0 Å². The SMILES string of the molecule is CCOc1ccc(C(=O)Nc2ccc(OC)cc2N)cc1. The Bertz CT molecular complexity index is 624. The van der Waals surface area contributed by atoms with Crippen LogP contribution in [0.4, 0.5) is 11.4 Å². The van der Waals surface area contributed by atoms with Gasteiger partial charge < -0.3 is 20.5 Å². The Hall–Kier alpha value is -2.69. The Labute approximate surface area is 123 Å². The lowest BCUT2D eigenvalue weighted by Gasteiger charge is -2.10. The van der Waals surface area contributed by atoms with Gasteiger partial charge in [-0.3, -0.25) is 4.79 Å². The molecule has 0 atom stereocenters. The number of hydrogen-bond donors (Lipinski definition) is 2. The van der Waals surface area contributed by atoms with Gasteiger partial charge in [0.05, 0.1) is 25.1 Å². The van der Waals surface area contributed by atoms with Crippen molar-refractivity contribution in [3.05, 3.63) is 48.0 Å². The smallest absolute Gasteiger partial charge is 0.255 e. The molecule has 110 valence electrons. The van der Waals surface area contributed by atoms with Crippen LogP contribution in [0.3, 0.4) is 0 Å². The first-order valence-electron chi connectivity index (χ1n) is 6.61. The molecule has 0 bridgehead atoms. The molecule has 21 heavy (non-hydrogen) atoms. The Kier molecular flexibility index (Phi) is 4.66. The first-order valence-corrected chi connectivity index (χ1v) is 6.61. The summed E-state index contributed by atoms with van der Waals surface area (Å²) < 4.78 is 10.4. The number of nitrogen functional groups attached to an aromatic ring is 1. The maximum atomic E-state index is 12.2. The molecule has 3 N–H and O–H groups in total. The number of nitrogens with one attached hydrogen (secondary N) is 1. The van der Waals surface area contributed by atoms with Gasteiger partial charge >= 0.3 is 0 Å². The third-order valence-electron chi connectivity index (χ3n) is 2.93. The molecule has 0 aromatic heterocycles. The van der Waals surface area contributed by atoms with E-state index < -0.39 is 0 Å². The fourth-order valence-corrected chi connectivity index (χ4v) is 1.85. The van der Waals surface area contributed by atoms with Gasteiger partial charge in [-0.2, -0.15) is 0 Å². The number of rotatable bonds is 5. The van der Waals surface area contributed by atoms with E-state index in [0.717, 1.165) is 5.75 Å². The third-order valence-corrected chi connectivity index (χ3v) is 2.93. The van der Waals surface area contributed by atoms with Crippen molar-refractivity contribution in [3.63, 3.8) is 0 Å². The summed E-state index contributed by atoms with van der Waals surface area (Å²) in [7, 11) is 1.56. The average Bonchev–Trinajstić information content (AvgIpc) is 2.50. The third kappa shape index (κ3) is 3.66. The van der Waals surface area contributed by atoms with Crippen molar-refractivity contribution in [2.75, 3.05) is 24.8 Å². The maximum Gasteiger partial charge on any atom is 0.255 e. The van der Waals surface area contributed by atoms with Crippen molar-refractivity contribution in [2.45, 2.75) is 6.92 Å². The van der Waals surface area contributed by atoms with Crippen LogP contribution in [0.25, 0.3) is 0 Å². The lowest BCUT2D eigenvalue weighted by molar-refractivity contribution is 0.102. The largest absolute Gasteiger partial charge is 0.497 e. The summed E-state index contributed by atoms with van der Waals surface area (Å²) in [4.78, 5) is 12.2. The molecule has 0 saturated heterocycles. The molecule has 0 aliphatic rings. The summed E-state index contributed by atoms with van der Waals surface area (Å²) in [6.07, 6.45) is 0. The second-order valence-electron chi connectivity index (χ2n) is 4.36. The van der Waals surface area contributed by atoms with Crippen molar-refractivity contribution in [1.82, 2.24) is 0 Å². The summed E-state index contributed by atoms with van der Waals surface area (Å²) in [5.74, 6) is 1.15. The quantitative estimate of drug-likeness (QED) is 0.829. The van der Waals surface area contributed by atoms with Crippen LogP contribution < -0.4 is 20.5 Å². The van der Waals surface area contributed by atoms with E-state index in [1.54, 1.807) is 49.6 Å².